The quantitative estimate of drug-likeness (QED) is 0.925. The Bertz CT molecular complexity index is 465. The Morgan fingerprint density at radius 3 is 2.48 bits per heavy atom. The molecule has 1 N–H and O–H groups in total. The van der Waals surface area contributed by atoms with Crippen molar-refractivity contribution in [3.63, 3.8) is 0 Å². The second-order valence-electron chi connectivity index (χ2n) is 6.05. The lowest BCUT2D eigenvalue weighted by Gasteiger charge is -2.25. The summed E-state index contributed by atoms with van der Waals surface area (Å²) in [5, 5.41) is 3.34. The molecule has 1 fully saturated rings. The zero-order valence-corrected chi connectivity index (χ0v) is 13.4. The van der Waals surface area contributed by atoms with E-state index in [9.17, 15) is 4.79 Å². The van der Waals surface area contributed by atoms with Gasteiger partial charge in [-0.1, -0.05) is 18.9 Å². The predicted molar refractivity (Wildman–Crippen MR) is 88.9 cm³/mol. The Balaban J connectivity index is 1.98. The van der Waals surface area contributed by atoms with Crippen LogP contribution < -0.4 is 10.2 Å². The van der Waals surface area contributed by atoms with E-state index in [0.29, 0.717) is 0 Å². The highest BCUT2D eigenvalue weighted by molar-refractivity contribution is 5.84. The minimum atomic E-state index is -0.180. The SMILES string of the molecule is CC(Nc1cccc(N(C)C)c1)C(=O)N1CCCCCC1. The number of carbonyl (C=O) groups is 1. The smallest absolute Gasteiger partial charge is 0.244 e. The number of nitrogens with one attached hydrogen (secondary N) is 1. The van der Waals surface area contributed by atoms with E-state index in [0.717, 1.165) is 37.3 Å². The summed E-state index contributed by atoms with van der Waals surface area (Å²) in [7, 11) is 4.04. The zero-order valence-electron chi connectivity index (χ0n) is 13.4. The molecule has 4 nitrogen and oxygen atoms in total. The minimum absolute atomic E-state index is 0.180. The average Bonchev–Trinajstić information content (AvgIpc) is 2.75. The van der Waals surface area contributed by atoms with Gasteiger partial charge in [-0.05, 0) is 38.0 Å². The third-order valence-electron chi connectivity index (χ3n) is 4.03. The second kappa shape index (κ2) is 7.34. The zero-order chi connectivity index (χ0) is 15.2. The first-order chi connectivity index (χ1) is 10.1. The van der Waals surface area contributed by atoms with Crippen molar-refractivity contribution in [3.05, 3.63) is 24.3 Å². The molecule has 1 aromatic rings. The molecule has 21 heavy (non-hydrogen) atoms. The van der Waals surface area contributed by atoms with Gasteiger partial charge in [0.2, 0.25) is 5.91 Å². The van der Waals surface area contributed by atoms with E-state index in [2.05, 4.69) is 22.3 Å². The molecular weight excluding hydrogens is 262 g/mol. The van der Waals surface area contributed by atoms with Crippen molar-refractivity contribution in [2.45, 2.75) is 38.6 Å². The van der Waals surface area contributed by atoms with Gasteiger partial charge in [0, 0.05) is 38.6 Å². The Labute approximate surface area is 128 Å². The minimum Gasteiger partial charge on any atom is -0.378 e. The van der Waals surface area contributed by atoms with Crippen LogP contribution in [0.3, 0.4) is 0 Å². The summed E-state index contributed by atoms with van der Waals surface area (Å²) < 4.78 is 0. The molecule has 1 atom stereocenters. The molecule has 1 heterocycles. The molecule has 116 valence electrons. The Morgan fingerprint density at radius 2 is 1.86 bits per heavy atom. The monoisotopic (exact) mass is 289 g/mol. The molecule has 4 heteroatoms. The maximum atomic E-state index is 12.5. The van der Waals surface area contributed by atoms with Gasteiger partial charge in [-0.3, -0.25) is 4.79 Å². The summed E-state index contributed by atoms with van der Waals surface area (Å²) in [5.74, 6) is 0.215. The second-order valence-corrected chi connectivity index (χ2v) is 6.05. The third-order valence-corrected chi connectivity index (χ3v) is 4.03. The molecule has 1 aliphatic rings. The van der Waals surface area contributed by atoms with E-state index in [-0.39, 0.29) is 11.9 Å². The fourth-order valence-corrected chi connectivity index (χ4v) is 2.75. The molecule has 1 aromatic carbocycles. The van der Waals surface area contributed by atoms with Crippen molar-refractivity contribution in [2.24, 2.45) is 0 Å². The highest BCUT2D eigenvalue weighted by Gasteiger charge is 2.21. The molecule has 0 radical (unpaired) electrons. The van der Waals surface area contributed by atoms with Crippen LogP contribution in [0.4, 0.5) is 11.4 Å². The molecule has 0 bridgehead atoms. The molecular formula is C17H27N3O. The molecule has 1 aliphatic heterocycles. The van der Waals surface area contributed by atoms with Crippen LogP contribution in [0.15, 0.2) is 24.3 Å². The van der Waals surface area contributed by atoms with E-state index in [1.165, 1.54) is 12.8 Å². The van der Waals surface area contributed by atoms with Crippen molar-refractivity contribution in [3.8, 4) is 0 Å². The van der Waals surface area contributed by atoms with Gasteiger partial charge in [0.1, 0.15) is 6.04 Å². The van der Waals surface area contributed by atoms with Gasteiger partial charge < -0.3 is 15.1 Å². The van der Waals surface area contributed by atoms with Gasteiger partial charge in [-0.25, -0.2) is 0 Å². The molecule has 1 amide bonds. The predicted octanol–water partition coefficient (Wildman–Crippen LogP) is 2.96. The average molecular weight is 289 g/mol. The number of rotatable bonds is 4. The molecule has 2 rings (SSSR count). The number of carbonyl (C=O) groups excluding carboxylic acids is 1. The van der Waals surface area contributed by atoms with Crippen LogP contribution in [0.5, 0.6) is 0 Å². The van der Waals surface area contributed by atoms with Crippen molar-refractivity contribution in [2.75, 3.05) is 37.4 Å². The van der Waals surface area contributed by atoms with E-state index >= 15 is 0 Å². The lowest BCUT2D eigenvalue weighted by Crippen LogP contribution is -2.41. The number of amides is 1. The first-order valence-electron chi connectivity index (χ1n) is 7.90. The number of anilines is 2. The Hall–Kier alpha value is -1.71. The fourth-order valence-electron chi connectivity index (χ4n) is 2.75. The number of benzene rings is 1. The van der Waals surface area contributed by atoms with Crippen LogP contribution in [0.1, 0.15) is 32.6 Å². The summed E-state index contributed by atoms with van der Waals surface area (Å²) in [6.45, 7) is 3.76. The lowest BCUT2D eigenvalue weighted by atomic mass is 10.2. The summed E-state index contributed by atoms with van der Waals surface area (Å²) in [5.41, 5.74) is 2.13. The molecule has 0 aromatic heterocycles. The van der Waals surface area contributed by atoms with Crippen LogP contribution in [-0.4, -0.2) is 44.0 Å². The number of likely N-dealkylation sites (tertiary alicyclic amines) is 1. The molecule has 1 unspecified atom stereocenters. The first-order valence-corrected chi connectivity index (χ1v) is 7.90. The number of hydrogen-bond acceptors (Lipinski definition) is 3. The van der Waals surface area contributed by atoms with Crippen molar-refractivity contribution in [1.29, 1.82) is 0 Å². The summed E-state index contributed by atoms with van der Waals surface area (Å²) in [4.78, 5) is 16.6. The number of nitrogens with zero attached hydrogens (tertiary/aromatic N) is 2. The van der Waals surface area contributed by atoms with Gasteiger partial charge in [0.25, 0.3) is 0 Å². The van der Waals surface area contributed by atoms with E-state index in [1.807, 2.05) is 38.1 Å². The van der Waals surface area contributed by atoms with Crippen LogP contribution >= 0.6 is 0 Å². The highest BCUT2D eigenvalue weighted by Crippen LogP contribution is 2.19. The highest BCUT2D eigenvalue weighted by atomic mass is 16.2. The van der Waals surface area contributed by atoms with Crippen molar-refractivity contribution < 1.29 is 4.79 Å². The van der Waals surface area contributed by atoms with Crippen molar-refractivity contribution >= 4 is 17.3 Å². The van der Waals surface area contributed by atoms with E-state index in [4.69, 9.17) is 0 Å². The first kappa shape index (κ1) is 15.7. The van der Waals surface area contributed by atoms with Gasteiger partial charge in [0.05, 0.1) is 0 Å². The van der Waals surface area contributed by atoms with Crippen molar-refractivity contribution in [1.82, 2.24) is 4.90 Å². The molecule has 0 spiro atoms. The standard InChI is InChI=1S/C17H27N3O/c1-14(17(21)20-11-6-4-5-7-12-20)18-15-9-8-10-16(13-15)19(2)3/h8-10,13-14,18H,4-7,11-12H2,1-3H3. The maximum absolute atomic E-state index is 12.5. The van der Waals surface area contributed by atoms with E-state index < -0.39 is 0 Å². The van der Waals surface area contributed by atoms with Gasteiger partial charge >= 0.3 is 0 Å². The summed E-state index contributed by atoms with van der Waals surface area (Å²) in [6.07, 6.45) is 4.76. The lowest BCUT2D eigenvalue weighted by molar-refractivity contribution is -0.131. The van der Waals surface area contributed by atoms with Crippen LogP contribution in [0.2, 0.25) is 0 Å². The van der Waals surface area contributed by atoms with Gasteiger partial charge in [0.15, 0.2) is 0 Å². The summed E-state index contributed by atoms with van der Waals surface area (Å²) >= 11 is 0. The third kappa shape index (κ3) is 4.38. The van der Waals surface area contributed by atoms with Gasteiger partial charge in [-0.2, -0.15) is 0 Å². The molecule has 1 saturated heterocycles. The molecule has 0 saturated carbocycles. The maximum Gasteiger partial charge on any atom is 0.244 e. The topological polar surface area (TPSA) is 35.6 Å². The number of hydrogen-bond donors (Lipinski definition) is 1. The van der Waals surface area contributed by atoms with Crippen LogP contribution in [0.25, 0.3) is 0 Å². The molecule has 0 aliphatic carbocycles. The Kier molecular flexibility index (Phi) is 5.48. The van der Waals surface area contributed by atoms with Crippen LogP contribution in [-0.2, 0) is 4.79 Å². The van der Waals surface area contributed by atoms with E-state index in [1.54, 1.807) is 0 Å². The summed E-state index contributed by atoms with van der Waals surface area (Å²) in [6, 6.07) is 7.99. The van der Waals surface area contributed by atoms with Gasteiger partial charge in [-0.15, -0.1) is 0 Å². The largest absolute Gasteiger partial charge is 0.378 e. The van der Waals surface area contributed by atoms with Crippen LogP contribution in [0, 0.1) is 0 Å². The normalized spacial score (nSPS) is 17.0. The fraction of sp³-hybridized carbons (Fsp3) is 0.588. The Morgan fingerprint density at radius 1 is 1.19 bits per heavy atom.